The van der Waals surface area contributed by atoms with Crippen LogP contribution in [-0.2, 0) is 7.05 Å². The summed E-state index contributed by atoms with van der Waals surface area (Å²) in [7, 11) is 1.42. The number of hydrogen-bond acceptors (Lipinski definition) is 7. The molecular formula is C22H20ClFN6O4. The molecule has 4 aromatic rings. The number of aromatic hydroxyl groups is 1. The monoisotopic (exact) mass is 486 g/mol. The molecule has 0 aliphatic heterocycles. The van der Waals surface area contributed by atoms with Gasteiger partial charge in [-0.1, -0.05) is 23.7 Å². The van der Waals surface area contributed by atoms with Crippen LogP contribution in [0.4, 0.5) is 10.1 Å². The number of aryl methyl sites for hydroxylation is 1. The van der Waals surface area contributed by atoms with Gasteiger partial charge in [0, 0.05) is 24.2 Å². The summed E-state index contributed by atoms with van der Waals surface area (Å²) in [5.74, 6) is -2.64. The number of anilines is 1. The van der Waals surface area contributed by atoms with Crippen molar-refractivity contribution in [1.82, 2.24) is 24.5 Å². The van der Waals surface area contributed by atoms with Gasteiger partial charge < -0.3 is 14.9 Å². The summed E-state index contributed by atoms with van der Waals surface area (Å²) in [6, 6.07) is 5.05. The minimum atomic E-state index is -0.831. The maximum Gasteiger partial charge on any atom is 0.296 e. The number of nitrogens with zero attached hydrogens (tertiary/aromatic N) is 5. The average molecular weight is 487 g/mol. The van der Waals surface area contributed by atoms with E-state index in [1.165, 1.54) is 37.7 Å². The normalized spacial score (nSPS) is 13.0. The van der Waals surface area contributed by atoms with Crippen molar-refractivity contribution >= 4 is 23.2 Å². The zero-order valence-electron chi connectivity index (χ0n) is 18.4. The van der Waals surface area contributed by atoms with Crippen LogP contribution in [0, 0.1) is 12.7 Å². The van der Waals surface area contributed by atoms with Crippen molar-refractivity contribution in [3.8, 4) is 5.75 Å². The van der Waals surface area contributed by atoms with Gasteiger partial charge in [-0.2, -0.15) is 5.10 Å². The van der Waals surface area contributed by atoms with E-state index in [2.05, 4.69) is 25.1 Å². The van der Waals surface area contributed by atoms with Gasteiger partial charge in [0.25, 0.3) is 11.5 Å². The molecule has 0 aliphatic carbocycles. The molecule has 0 unspecified atom stereocenters. The average Bonchev–Trinajstić information content (AvgIpc) is 3.46. The summed E-state index contributed by atoms with van der Waals surface area (Å²) in [4.78, 5) is 29.9. The van der Waals surface area contributed by atoms with Crippen molar-refractivity contribution in [2.24, 2.45) is 7.05 Å². The SMILES string of the molecule is Cc1ccn([C@@H](c2cc(F)ccc2Cl)[C@@H](C)c2nc(C(=O)Nc3cnoc3)c(O)c(=O)n2C)n1. The van der Waals surface area contributed by atoms with Crippen molar-refractivity contribution in [2.45, 2.75) is 25.8 Å². The predicted octanol–water partition coefficient (Wildman–Crippen LogP) is 3.42. The lowest BCUT2D eigenvalue weighted by Crippen LogP contribution is -2.30. The smallest absolute Gasteiger partial charge is 0.296 e. The fraction of sp³-hybridized carbons (Fsp3) is 0.227. The molecule has 4 rings (SSSR count). The zero-order valence-corrected chi connectivity index (χ0v) is 19.1. The molecule has 12 heteroatoms. The van der Waals surface area contributed by atoms with E-state index in [1.54, 1.807) is 30.8 Å². The number of amides is 1. The van der Waals surface area contributed by atoms with Crippen molar-refractivity contribution in [1.29, 1.82) is 0 Å². The molecular weight excluding hydrogens is 467 g/mol. The number of carbonyl (C=O) groups is 1. The van der Waals surface area contributed by atoms with Gasteiger partial charge in [0.1, 0.15) is 23.6 Å². The Morgan fingerprint density at radius 1 is 1.32 bits per heavy atom. The van der Waals surface area contributed by atoms with E-state index in [4.69, 9.17) is 11.6 Å². The van der Waals surface area contributed by atoms with E-state index in [1.807, 2.05) is 0 Å². The largest absolute Gasteiger partial charge is 0.501 e. The molecule has 3 aromatic heterocycles. The Morgan fingerprint density at radius 2 is 2.09 bits per heavy atom. The number of aromatic nitrogens is 5. The molecule has 0 radical (unpaired) electrons. The van der Waals surface area contributed by atoms with Gasteiger partial charge in [0.2, 0.25) is 5.75 Å². The Labute approximate surface area is 197 Å². The third kappa shape index (κ3) is 4.29. The molecule has 176 valence electrons. The second-order valence-corrected chi connectivity index (χ2v) is 8.14. The highest BCUT2D eigenvalue weighted by molar-refractivity contribution is 6.31. The highest BCUT2D eigenvalue weighted by atomic mass is 35.5. The van der Waals surface area contributed by atoms with Gasteiger partial charge >= 0.3 is 0 Å². The summed E-state index contributed by atoms with van der Waals surface area (Å²) < 4.78 is 21.6. The molecule has 1 amide bonds. The van der Waals surface area contributed by atoms with E-state index in [-0.39, 0.29) is 11.5 Å². The molecule has 10 nitrogen and oxygen atoms in total. The first-order valence-electron chi connectivity index (χ1n) is 10.1. The van der Waals surface area contributed by atoms with Crippen LogP contribution in [0.25, 0.3) is 0 Å². The molecule has 0 fully saturated rings. The summed E-state index contributed by atoms with van der Waals surface area (Å²) in [6.07, 6.45) is 4.14. The molecule has 2 atom stereocenters. The van der Waals surface area contributed by atoms with Gasteiger partial charge in [-0.15, -0.1) is 0 Å². The van der Waals surface area contributed by atoms with Crippen LogP contribution in [0.15, 0.2) is 52.2 Å². The fourth-order valence-corrected chi connectivity index (χ4v) is 3.97. The summed E-state index contributed by atoms with van der Waals surface area (Å²) >= 11 is 6.42. The molecule has 0 spiro atoms. The van der Waals surface area contributed by atoms with Crippen LogP contribution in [0.5, 0.6) is 5.75 Å². The van der Waals surface area contributed by atoms with E-state index < -0.39 is 40.7 Å². The molecule has 0 saturated carbocycles. The third-order valence-corrected chi connectivity index (χ3v) is 5.74. The van der Waals surface area contributed by atoms with Gasteiger partial charge in [-0.25, -0.2) is 9.37 Å². The maximum absolute atomic E-state index is 14.2. The van der Waals surface area contributed by atoms with E-state index in [9.17, 15) is 19.1 Å². The maximum atomic E-state index is 14.2. The van der Waals surface area contributed by atoms with Crippen LogP contribution >= 0.6 is 11.6 Å². The van der Waals surface area contributed by atoms with Crippen LogP contribution in [0.3, 0.4) is 0 Å². The van der Waals surface area contributed by atoms with Crippen LogP contribution in [-0.4, -0.2) is 35.5 Å². The first kappa shape index (κ1) is 23.2. The van der Waals surface area contributed by atoms with E-state index in [0.29, 0.717) is 16.3 Å². The van der Waals surface area contributed by atoms with Gasteiger partial charge in [0.05, 0.1) is 17.9 Å². The van der Waals surface area contributed by atoms with Crippen molar-refractivity contribution in [2.75, 3.05) is 5.32 Å². The van der Waals surface area contributed by atoms with Crippen LogP contribution < -0.4 is 10.9 Å². The lowest BCUT2D eigenvalue weighted by atomic mass is 9.93. The van der Waals surface area contributed by atoms with E-state index >= 15 is 0 Å². The highest BCUT2D eigenvalue weighted by Crippen LogP contribution is 2.37. The summed E-state index contributed by atoms with van der Waals surface area (Å²) in [5.41, 5.74) is 0.0407. The minimum absolute atomic E-state index is 0.150. The Kier molecular flexibility index (Phi) is 6.20. The standard InChI is InChI=1S/C22H20ClFN6O4/c1-11-6-7-30(28-11)18(15-8-13(24)4-5-16(15)23)12(2)20-27-17(19(31)22(33)29(20)3)21(32)26-14-9-25-34-10-14/h4-10,12,18,31H,1-3H3,(H,26,32)/t12-,18-/m1/s1. The van der Waals surface area contributed by atoms with Gasteiger partial charge in [-0.3, -0.25) is 18.8 Å². The Balaban J connectivity index is 1.85. The summed E-state index contributed by atoms with van der Waals surface area (Å²) in [6.45, 7) is 3.54. The second-order valence-electron chi connectivity index (χ2n) is 7.74. The number of halogens is 2. The number of benzene rings is 1. The van der Waals surface area contributed by atoms with Crippen molar-refractivity contribution < 1.29 is 18.8 Å². The van der Waals surface area contributed by atoms with Crippen LogP contribution in [0.1, 0.15) is 46.5 Å². The van der Waals surface area contributed by atoms with Crippen molar-refractivity contribution in [3.05, 3.63) is 86.9 Å². The molecule has 3 heterocycles. The lowest BCUT2D eigenvalue weighted by molar-refractivity contribution is 0.101. The number of rotatable bonds is 6. The lowest BCUT2D eigenvalue weighted by Gasteiger charge is -2.27. The Bertz CT molecular complexity index is 1420. The Morgan fingerprint density at radius 3 is 2.74 bits per heavy atom. The second kappa shape index (κ2) is 9.10. The van der Waals surface area contributed by atoms with Gasteiger partial charge in [-0.05, 0) is 36.8 Å². The highest BCUT2D eigenvalue weighted by Gasteiger charge is 2.31. The quantitative estimate of drug-likeness (QED) is 0.427. The predicted molar refractivity (Wildman–Crippen MR) is 121 cm³/mol. The first-order valence-corrected chi connectivity index (χ1v) is 10.5. The Hall–Kier alpha value is -3.99. The number of nitrogens with one attached hydrogen (secondary N) is 1. The fourth-order valence-electron chi connectivity index (χ4n) is 3.74. The first-order chi connectivity index (χ1) is 16.2. The number of carbonyl (C=O) groups excluding carboxylic acids is 1. The molecule has 34 heavy (non-hydrogen) atoms. The minimum Gasteiger partial charge on any atom is -0.501 e. The zero-order chi connectivity index (χ0) is 24.6. The molecule has 1 aromatic carbocycles. The third-order valence-electron chi connectivity index (χ3n) is 5.39. The molecule has 0 saturated heterocycles. The molecule has 0 bridgehead atoms. The summed E-state index contributed by atoms with van der Waals surface area (Å²) in [5, 5.41) is 21.0. The topological polar surface area (TPSA) is 128 Å². The van der Waals surface area contributed by atoms with E-state index in [0.717, 1.165) is 4.57 Å². The number of hydrogen-bond donors (Lipinski definition) is 2. The van der Waals surface area contributed by atoms with Crippen LogP contribution in [0.2, 0.25) is 5.02 Å². The van der Waals surface area contributed by atoms with Gasteiger partial charge in [0.15, 0.2) is 5.69 Å². The molecule has 2 N–H and O–H groups in total. The molecule has 0 aliphatic rings. The van der Waals surface area contributed by atoms with Crippen molar-refractivity contribution in [3.63, 3.8) is 0 Å².